The van der Waals surface area contributed by atoms with E-state index in [2.05, 4.69) is 5.32 Å². The van der Waals surface area contributed by atoms with Crippen molar-refractivity contribution in [1.29, 1.82) is 0 Å². The highest BCUT2D eigenvalue weighted by Crippen LogP contribution is 2.27. The molecule has 0 radical (unpaired) electrons. The van der Waals surface area contributed by atoms with Crippen LogP contribution in [0.25, 0.3) is 0 Å². The van der Waals surface area contributed by atoms with Gasteiger partial charge in [0.1, 0.15) is 0 Å². The Morgan fingerprint density at radius 1 is 1.39 bits per heavy atom. The van der Waals surface area contributed by atoms with Crippen molar-refractivity contribution in [2.45, 2.75) is 57.5 Å². The molecule has 0 aliphatic heterocycles. The van der Waals surface area contributed by atoms with Crippen molar-refractivity contribution < 1.29 is 9.72 Å². The van der Waals surface area contributed by atoms with Crippen LogP contribution >= 0.6 is 0 Å². The van der Waals surface area contributed by atoms with Gasteiger partial charge in [0.05, 0.1) is 17.0 Å². The van der Waals surface area contributed by atoms with Crippen LogP contribution in [0.2, 0.25) is 0 Å². The number of benzene rings is 1. The predicted molar refractivity (Wildman–Crippen MR) is 88.8 cm³/mol. The van der Waals surface area contributed by atoms with Gasteiger partial charge in [-0.05, 0) is 24.8 Å². The molecule has 23 heavy (non-hydrogen) atoms. The Balaban J connectivity index is 1.90. The largest absolute Gasteiger partial charge is 0.348 e. The van der Waals surface area contributed by atoms with Gasteiger partial charge in [-0.3, -0.25) is 14.9 Å². The van der Waals surface area contributed by atoms with Gasteiger partial charge in [0.15, 0.2) is 0 Å². The number of rotatable bonds is 6. The second kappa shape index (κ2) is 8.06. The zero-order chi connectivity index (χ0) is 16.8. The SMILES string of the molecule is CC(NC(=O)C(N)CC1CCCCC1)c1cccc([N+](=O)[O-])c1. The zero-order valence-electron chi connectivity index (χ0n) is 13.5. The summed E-state index contributed by atoms with van der Waals surface area (Å²) in [5.41, 5.74) is 6.76. The standard InChI is InChI=1S/C17H25N3O3/c1-12(14-8-5-9-15(11-14)20(22)23)19-17(21)16(18)10-13-6-3-2-4-7-13/h5,8-9,11-13,16H,2-4,6-7,10,18H2,1H3,(H,19,21). The molecule has 1 saturated carbocycles. The van der Waals surface area contributed by atoms with Crippen molar-refractivity contribution in [3.63, 3.8) is 0 Å². The third kappa shape index (κ3) is 5.03. The van der Waals surface area contributed by atoms with Crippen LogP contribution in [0, 0.1) is 16.0 Å². The first kappa shape index (κ1) is 17.4. The van der Waals surface area contributed by atoms with Gasteiger partial charge in [0.25, 0.3) is 5.69 Å². The van der Waals surface area contributed by atoms with Gasteiger partial charge in [-0.25, -0.2) is 0 Å². The summed E-state index contributed by atoms with van der Waals surface area (Å²) in [5, 5.41) is 13.7. The topological polar surface area (TPSA) is 98.3 Å². The zero-order valence-corrected chi connectivity index (χ0v) is 13.5. The molecule has 126 valence electrons. The van der Waals surface area contributed by atoms with E-state index in [-0.39, 0.29) is 17.6 Å². The van der Waals surface area contributed by atoms with Gasteiger partial charge in [-0.1, -0.05) is 44.2 Å². The number of hydrogen-bond donors (Lipinski definition) is 2. The molecule has 0 bridgehead atoms. The molecule has 1 aliphatic carbocycles. The summed E-state index contributed by atoms with van der Waals surface area (Å²) in [6.07, 6.45) is 6.75. The first-order valence-electron chi connectivity index (χ1n) is 8.27. The van der Waals surface area contributed by atoms with E-state index in [9.17, 15) is 14.9 Å². The van der Waals surface area contributed by atoms with Crippen molar-refractivity contribution in [2.24, 2.45) is 11.7 Å². The Morgan fingerprint density at radius 3 is 2.74 bits per heavy atom. The van der Waals surface area contributed by atoms with Crippen molar-refractivity contribution in [1.82, 2.24) is 5.32 Å². The number of nitrogens with two attached hydrogens (primary N) is 1. The Labute approximate surface area is 136 Å². The highest BCUT2D eigenvalue weighted by Gasteiger charge is 2.22. The van der Waals surface area contributed by atoms with Gasteiger partial charge < -0.3 is 11.1 Å². The third-order valence-electron chi connectivity index (χ3n) is 4.59. The third-order valence-corrected chi connectivity index (χ3v) is 4.59. The molecule has 6 heteroatoms. The maximum Gasteiger partial charge on any atom is 0.269 e. The fourth-order valence-electron chi connectivity index (χ4n) is 3.20. The molecule has 1 aliphatic rings. The molecule has 0 heterocycles. The maximum atomic E-state index is 12.2. The van der Waals surface area contributed by atoms with E-state index in [1.807, 2.05) is 6.92 Å². The van der Waals surface area contributed by atoms with Crippen LogP contribution in [0.4, 0.5) is 5.69 Å². The smallest absolute Gasteiger partial charge is 0.269 e. The minimum atomic E-state index is -0.515. The molecule has 6 nitrogen and oxygen atoms in total. The molecule has 0 aromatic heterocycles. The lowest BCUT2D eigenvalue weighted by atomic mass is 9.85. The molecular weight excluding hydrogens is 294 g/mol. The highest BCUT2D eigenvalue weighted by molar-refractivity contribution is 5.81. The van der Waals surface area contributed by atoms with Gasteiger partial charge >= 0.3 is 0 Å². The molecule has 1 aromatic rings. The summed E-state index contributed by atoms with van der Waals surface area (Å²) in [4.78, 5) is 22.6. The lowest BCUT2D eigenvalue weighted by molar-refractivity contribution is -0.384. The minimum Gasteiger partial charge on any atom is -0.348 e. The molecule has 3 N–H and O–H groups in total. The summed E-state index contributed by atoms with van der Waals surface area (Å²) in [6.45, 7) is 1.81. The van der Waals surface area contributed by atoms with E-state index in [1.54, 1.807) is 12.1 Å². The number of hydrogen-bond acceptors (Lipinski definition) is 4. The second-order valence-corrected chi connectivity index (χ2v) is 6.43. The van der Waals surface area contributed by atoms with Crippen molar-refractivity contribution >= 4 is 11.6 Å². The van der Waals surface area contributed by atoms with Crippen molar-refractivity contribution in [3.05, 3.63) is 39.9 Å². The summed E-state index contributed by atoms with van der Waals surface area (Å²) in [6, 6.07) is 5.49. The number of nitro groups is 1. The predicted octanol–water partition coefficient (Wildman–Crippen LogP) is 3.07. The number of amides is 1. The van der Waals surface area contributed by atoms with E-state index in [4.69, 9.17) is 5.73 Å². The summed E-state index contributed by atoms with van der Waals surface area (Å²) in [5.74, 6) is 0.354. The number of nitro benzene ring substituents is 1. The van der Waals surface area contributed by atoms with Gasteiger partial charge in [0, 0.05) is 12.1 Å². The Morgan fingerprint density at radius 2 is 2.09 bits per heavy atom. The van der Waals surface area contributed by atoms with Gasteiger partial charge in [-0.2, -0.15) is 0 Å². The summed E-state index contributed by atoms with van der Waals surface area (Å²) in [7, 11) is 0. The fraction of sp³-hybridized carbons (Fsp3) is 0.588. The van der Waals surface area contributed by atoms with E-state index >= 15 is 0 Å². The Kier molecular flexibility index (Phi) is 6.10. The number of non-ortho nitro benzene ring substituents is 1. The van der Waals surface area contributed by atoms with E-state index in [0.717, 1.165) is 12.8 Å². The number of carbonyl (C=O) groups excluding carboxylic acids is 1. The molecule has 2 unspecified atom stereocenters. The quantitative estimate of drug-likeness (QED) is 0.622. The lowest BCUT2D eigenvalue weighted by Gasteiger charge is -2.25. The Hall–Kier alpha value is -1.95. The average Bonchev–Trinajstić information content (AvgIpc) is 2.55. The molecule has 0 saturated heterocycles. The van der Waals surface area contributed by atoms with Crippen LogP contribution in [-0.4, -0.2) is 16.9 Å². The number of nitrogens with zero attached hydrogens (tertiary/aromatic N) is 1. The number of nitrogens with one attached hydrogen (secondary N) is 1. The van der Waals surface area contributed by atoms with Crippen molar-refractivity contribution in [3.8, 4) is 0 Å². The maximum absolute atomic E-state index is 12.2. The van der Waals surface area contributed by atoms with Gasteiger partial charge in [-0.15, -0.1) is 0 Å². The van der Waals surface area contributed by atoms with Crippen LogP contribution in [0.15, 0.2) is 24.3 Å². The fourth-order valence-corrected chi connectivity index (χ4v) is 3.20. The van der Waals surface area contributed by atoms with E-state index in [1.165, 1.54) is 31.4 Å². The van der Waals surface area contributed by atoms with Crippen LogP contribution in [-0.2, 0) is 4.79 Å². The number of carbonyl (C=O) groups is 1. The average molecular weight is 319 g/mol. The second-order valence-electron chi connectivity index (χ2n) is 6.43. The molecular formula is C17H25N3O3. The van der Waals surface area contributed by atoms with E-state index < -0.39 is 11.0 Å². The Bertz CT molecular complexity index is 556. The van der Waals surface area contributed by atoms with E-state index in [0.29, 0.717) is 17.9 Å². The minimum absolute atomic E-state index is 0.0232. The lowest BCUT2D eigenvalue weighted by Crippen LogP contribution is -2.42. The molecule has 2 atom stereocenters. The van der Waals surface area contributed by atoms with Gasteiger partial charge in [0.2, 0.25) is 5.91 Å². The van der Waals surface area contributed by atoms with Crippen molar-refractivity contribution in [2.75, 3.05) is 0 Å². The first-order chi connectivity index (χ1) is 11.0. The first-order valence-corrected chi connectivity index (χ1v) is 8.27. The monoisotopic (exact) mass is 319 g/mol. The molecule has 1 aromatic carbocycles. The molecule has 1 amide bonds. The highest BCUT2D eigenvalue weighted by atomic mass is 16.6. The normalized spacial score (nSPS) is 18.2. The summed E-state index contributed by atoms with van der Waals surface area (Å²) >= 11 is 0. The summed E-state index contributed by atoms with van der Waals surface area (Å²) < 4.78 is 0. The van der Waals surface area contributed by atoms with Crippen LogP contribution in [0.5, 0.6) is 0 Å². The van der Waals surface area contributed by atoms with Crippen LogP contribution < -0.4 is 11.1 Å². The van der Waals surface area contributed by atoms with Crippen LogP contribution in [0.1, 0.15) is 57.1 Å². The molecule has 1 fully saturated rings. The molecule has 2 rings (SSSR count). The van der Waals surface area contributed by atoms with Crippen LogP contribution in [0.3, 0.4) is 0 Å². The molecule has 0 spiro atoms.